The Balaban J connectivity index is 1.75. The average molecular weight is 423 g/mol. The molecule has 0 aliphatic rings. The third-order valence-corrected chi connectivity index (χ3v) is 4.62. The van der Waals surface area contributed by atoms with E-state index in [1.54, 1.807) is 13.2 Å². The van der Waals surface area contributed by atoms with Crippen LogP contribution >= 0.6 is 0 Å². The standard InChI is InChI=1S/C22H22FN5O3/c1-13-11-19(28-27-13)25-21-17-8-7-16(31-10-9-30-2)12-18(17)24-22(26-21)20(29)14-3-5-15(23)6-4-14/h3-8,11-12,20,29H,9-10H2,1-2H3,(H2,24,25,26,27,28). The van der Waals surface area contributed by atoms with Crippen LogP contribution in [-0.2, 0) is 4.74 Å². The lowest BCUT2D eigenvalue weighted by Gasteiger charge is -2.14. The molecule has 0 saturated carbocycles. The van der Waals surface area contributed by atoms with Crippen molar-refractivity contribution in [1.29, 1.82) is 0 Å². The largest absolute Gasteiger partial charge is 0.491 e. The molecule has 0 aliphatic carbocycles. The number of methoxy groups -OCH3 is 1. The van der Waals surface area contributed by atoms with Crippen LogP contribution in [-0.4, -0.2) is 45.6 Å². The Morgan fingerprint density at radius 1 is 1.10 bits per heavy atom. The highest BCUT2D eigenvalue weighted by Gasteiger charge is 2.18. The van der Waals surface area contributed by atoms with Crippen molar-refractivity contribution in [2.45, 2.75) is 13.0 Å². The van der Waals surface area contributed by atoms with Gasteiger partial charge in [-0.25, -0.2) is 14.4 Å². The van der Waals surface area contributed by atoms with Gasteiger partial charge in [0.2, 0.25) is 0 Å². The summed E-state index contributed by atoms with van der Waals surface area (Å²) in [6.45, 7) is 2.75. The predicted molar refractivity (Wildman–Crippen MR) is 114 cm³/mol. The first-order chi connectivity index (χ1) is 15.0. The second-order valence-corrected chi connectivity index (χ2v) is 6.97. The molecule has 0 bridgehead atoms. The van der Waals surface area contributed by atoms with E-state index in [-0.39, 0.29) is 11.6 Å². The Morgan fingerprint density at radius 3 is 2.61 bits per heavy atom. The van der Waals surface area contributed by atoms with Gasteiger partial charge in [0, 0.05) is 30.3 Å². The summed E-state index contributed by atoms with van der Waals surface area (Å²) in [5, 5.41) is 21.8. The third-order valence-electron chi connectivity index (χ3n) is 4.62. The summed E-state index contributed by atoms with van der Waals surface area (Å²) in [6, 6.07) is 12.8. The smallest absolute Gasteiger partial charge is 0.164 e. The summed E-state index contributed by atoms with van der Waals surface area (Å²) in [6.07, 6.45) is -1.13. The molecule has 0 spiro atoms. The molecule has 0 aliphatic heterocycles. The van der Waals surface area contributed by atoms with E-state index in [0.717, 1.165) is 11.1 Å². The zero-order valence-electron chi connectivity index (χ0n) is 17.1. The number of nitrogens with one attached hydrogen (secondary N) is 2. The second kappa shape index (κ2) is 9.07. The van der Waals surface area contributed by atoms with Crippen molar-refractivity contribution >= 4 is 22.5 Å². The number of rotatable bonds is 8. The van der Waals surface area contributed by atoms with Gasteiger partial charge in [0.15, 0.2) is 11.6 Å². The van der Waals surface area contributed by atoms with Crippen LogP contribution < -0.4 is 10.1 Å². The summed E-state index contributed by atoms with van der Waals surface area (Å²) in [5.41, 5.74) is 1.95. The molecule has 2 aromatic heterocycles. The number of ether oxygens (including phenoxy) is 2. The van der Waals surface area contributed by atoms with Crippen molar-refractivity contribution in [2.75, 3.05) is 25.6 Å². The Labute approximate surface area is 178 Å². The fourth-order valence-corrected chi connectivity index (χ4v) is 3.08. The molecule has 1 atom stereocenters. The van der Waals surface area contributed by atoms with E-state index in [2.05, 4.69) is 25.5 Å². The Bertz CT molecular complexity index is 1180. The van der Waals surface area contributed by atoms with E-state index in [0.29, 0.717) is 41.7 Å². The number of halogens is 1. The van der Waals surface area contributed by atoms with E-state index >= 15 is 0 Å². The SMILES string of the molecule is COCCOc1ccc2c(Nc3cc(C)[nH]n3)nc(C(O)c3ccc(F)cc3)nc2c1. The molecule has 0 amide bonds. The molecule has 2 aromatic carbocycles. The highest BCUT2D eigenvalue weighted by atomic mass is 19.1. The molecule has 160 valence electrons. The monoisotopic (exact) mass is 423 g/mol. The van der Waals surface area contributed by atoms with Gasteiger partial charge in [-0.1, -0.05) is 12.1 Å². The van der Waals surface area contributed by atoms with Crippen LogP contribution in [0.2, 0.25) is 0 Å². The number of aliphatic hydroxyl groups is 1. The lowest BCUT2D eigenvalue weighted by Crippen LogP contribution is -2.09. The minimum Gasteiger partial charge on any atom is -0.491 e. The van der Waals surface area contributed by atoms with Crippen molar-refractivity contribution in [3.63, 3.8) is 0 Å². The predicted octanol–water partition coefficient (Wildman–Crippen LogP) is 3.65. The summed E-state index contributed by atoms with van der Waals surface area (Å²) < 4.78 is 24.0. The minimum absolute atomic E-state index is 0.169. The number of aryl methyl sites for hydroxylation is 1. The number of aliphatic hydroxyl groups excluding tert-OH is 1. The number of anilines is 2. The first-order valence-electron chi connectivity index (χ1n) is 9.69. The average Bonchev–Trinajstić information content (AvgIpc) is 3.18. The third kappa shape index (κ3) is 4.79. The van der Waals surface area contributed by atoms with Crippen molar-refractivity contribution in [2.24, 2.45) is 0 Å². The number of nitrogens with zero attached hydrogens (tertiary/aromatic N) is 3. The van der Waals surface area contributed by atoms with E-state index in [9.17, 15) is 9.50 Å². The van der Waals surface area contributed by atoms with Crippen molar-refractivity contribution in [1.82, 2.24) is 20.2 Å². The lowest BCUT2D eigenvalue weighted by atomic mass is 10.1. The topological polar surface area (TPSA) is 105 Å². The molecule has 3 N–H and O–H groups in total. The molecule has 0 radical (unpaired) electrons. The number of H-pyrrole nitrogens is 1. The summed E-state index contributed by atoms with van der Waals surface area (Å²) >= 11 is 0. The molecule has 4 rings (SSSR count). The lowest BCUT2D eigenvalue weighted by molar-refractivity contribution is 0.146. The number of aromatic nitrogens is 4. The van der Waals surface area contributed by atoms with Crippen LogP contribution in [0.15, 0.2) is 48.5 Å². The highest BCUT2D eigenvalue weighted by Crippen LogP contribution is 2.30. The molecule has 31 heavy (non-hydrogen) atoms. The first kappa shape index (κ1) is 20.7. The van der Waals surface area contributed by atoms with E-state index in [1.165, 1.54) is 24.3 Å². The molecular weight excluding hydrogens is 401 g/mol. The Hall–Kier alpha value is -3.56. The van der Waals surface area contributed by atoms with Gasteiger partial charge in [-0.15, -0.1) is 0 Å². The molecule has 0 saturated heterocycles. The summed E-state index contributed by atoms with van der Waals surface area (Å²) in [7, 11) is 1.61. The van der Waals surface area contributed by atoms with Crippen LogP contribution in [0.3, 0.4) is 0 Å². The molecule has 2 heterocycles. The van der Waals surface area contributed by atoms with Crippen LogP contribution in [0.5, 0.6) is 5.75 Å². The van der Waals surface area contributed by atoms with E-state index in [1.807, 2.05) is 25.1 Å². The van der Waals surface area contributed by atoms with Gasteiger partial charge in [0.25, 0.3) is 0 Å². The summed E-state index contributed by atoms with van der Waals surface area (Å²) in [4.78, 5) is 9.06. The van der Waals surface area contributed by atoms with Gasteiger partial charge >= 0.3 is 0 Å². The highest BCUT2D eigenvalue weighted by molar-refractivity contribution is 5.91. The van der Waals surface area contributed by atoms with Gasteiger partial charge in [-0.05, 0) is 36.8 Å². The maximum absolute atomic E-state index is 13.3. The molecule has 4 aromatic rings. The van der Waals surface area contributed by atoms with Gasteiger partial charge in [0.05, 0.1) is 12.1 Å². The second-order valence-electron chi connectivity index (χ2n) is 6.97. The molecule has 9 heteroatoms. The van der Waals surface area contributed by atoms with Crippen LogP contribution in [0.4, 0.5) is 16.0 Å². The maximum atomic E-state index is 13.3. The number of hydrogen-bond acceptors (Lipinski definition) is 7. The van der Waals surface area contributed by atoms with Crippen LogP contribution in [0.1, 0.15) is 23.2 Å². The number of benzene rings is 2. The van der Waals surface area contributed by atoms with E-state index in [4.69, 9.17) is 9.47 Å². The van der Waals surface area contributed by atoms with Gasteiger partial charge in [-0.3, -0.25) is 5.10 Å². The minimum atomic E-state index is -1.13. The molecule has 0 fully saturated rings. The maximum Gasteiger partial charge on any atom is 0.164 e. The fourth-order valence-electron chi connectivity index (χ4n) is 3.08. The number of fused-ring (bicyclic) bond motifs is 1. The summed E-state index contributed by atoms with van der Waals surface area (Å²) in [5.74, 6) is 1.47. The Morgan fingerprint density at radius 2 is 1.90 bits per heavy atom. The molecular formula is C22H22FN5O3. The van der Waals surface area contributed by atoms with Crippen molar-refractivity contribution in [3.05, 3.63) is 71.4 Å². The normalized spacial score (nSPS) is 12.1. The molecule has 8 nitrogen and oxygen atoms in total. The van der Waals surface area contributed by atoms with Gasteiger partial charge in [-0.2, -0.15) is 5.10 Å². The zero-order valence-corrected chi connectivity index (χ0v) is 17.1. The zero-order chi connectivity index (χ0) is 21.8. The van der Waals surface area contributed by atoms with Gasteiger partial charge < -0.3 is 19.9 Å². The molecule has 1 unspecified atom stereocenters. The van der Waals surface area contributed by atoms with Gasteiger partial charge in [0.1, 0.15) is 30.1 Å². The van der Waals surface area contributed by atoms with Crippen molar-refractivity contribution in [3.8, 4) is 5.75 Å². The number of hydrogen-bond donors (Lipinski definition) is 3. The van der Waals surface area contributed by atoms with E-state index < -0.39 is 6.10 Å². The first-order valence-corrected chi connectivity index (χ1v) is 9.69. The number of aromatic amines is 1. The van der Waals surface area contributed by atoms with Crippen LogP contribution in [0, 0.1) is 12.7 Å². The van der Waals surface area contributed by atoms with Crippen LogP contribution in [0.25, 0.3) is 10.9 Å². The fraction of sp³-hybridized carbons (Fsp3) is 0.227. The van der Waals surface area contributed by atoms with Crippen molar-refractivity contribution < 1.29 is 19.0 Å². The Kier molecular flexibility index (Phi) is 6.06. The quantitative estimate of drug-likeness (QED) is 0.372.